The standard InChI is InChI=1S/C22H33N5O6S/c1-7-27(8-2)34(31,32)16-9-10-18-17(13-16)24-19(26(18)6)11-12-20(28)33-15(5)21(29)25-22(30)23-14(3)4/h9-10,13-15H,7-8,11-12H2,1-6H3,(H2,23,25,29,30). The number of nitrogens with one attached hydrogen (secondary N) is 2. The van der Waals surface area contributed by atoms with Gasteiger partial charge in [0.2, 0.25) is 10.0 Å². The van der Waals surface area contributed by atoms with E-state index in [2.05, 4.69) is 15.6 Å². The van der Waals surface area contributed by atoms with Crippen molar-refractivity contribution in [2.24, 2.45) is 7.05 Å². The second-order valence-corrected chi connectivity index (χ2v) is 10.0. The first kappa shape index (κ1) is 27.3. The van der Waals surface area contributed by atoms with E-state index in [9.17, 15) is 22.8 Å². The molecule has 2 rings (SSSR count). The molecule has 1 unspecified atom stereocenters. The molecule has 188 valence electrons. The van der Waals surface area contributed by atoms with Gasteiger partial charge in [-0.3, -0.25) is 14.9 Å². The number of ether oxygens (including phenoxy) is 1. The quantitative estimate of drug-likeness (QED) is 0.478. The van der Waals surface area contributed by atoms with Crippen LogP contribution in [0.4, 0.5) is 4.79 Å². The van der Waals surface area contributed by atoms with Crippen molar-refractivity contribution in [1.82, 2.24) is 24.5 Å². The Morgan fingerprint density at radius 1 is 1.15 bits per heavy atom. The highest BCUT2D eigenvalue weighted by atomic mass is 32.2. The van der Waals surface area contributed by atoms with Crippen LogP contribution in [0, 0.1) is 0 Å². The number of aryl methyl sites for hydroxylation is 2. The molecular weight excluding hydrogens is 462 g/mol. The molecule has 1 heterocycles. The van der Waals surface area contributed by atoms with Crippen LogP contribution in [-0.2, 0) is 37.8 Å². The number of hydrogen-bond donors (Lipinski definition) is 2. The van der Waals surface area contributed by atoms with Crippen LogP contribution in [0.2, 0.25) is 0 Å². The molecule has 0 bridgehead atoms. The summed E-state index contributed by atoms with van der Waals surface area (Å²) in [5.74, 6) is -0.780. The lowest BCUT2D eigenvalue weighted by molar-refractivity contribution is -0.154. The van der Waals surface area contributed by atoms with Gasteiger partial charge in [-0.15, -0.1) is 0 Å². The lowest BCUT2D eigenvalue weighted by Crippen LogP contribution is -2.46. The Hall–Kier alpha value is -2.99. The van der Waals surface area contributed by atoms with Crippen molar-refractivity contribution in [2.45, 2.75) is 64.5 Å². The minimum absolute atomic E-state index is 0.0441. The molecule has 3 amide bonds. The molecule has 2 N–H and O–H groups in total. The number of urea groups is 1. The molecule has 1 aromatic carbocycles. The Bertz CT molecular complexity index is 1150. The van der Waals surface area contributed by atoms with Crippen molar-refractivity contribution in [2.75, 3.05) is 13.1 Å². The van der Waals surface area contributed by atoms with E-state index < -0.39 is 34.0 Å². The van der Waals surface area contributed by atoms with Gasteiger partial charge in [-0.25, -0.2) is 18.2 Å². The van der Waals surface area contributed by atoms with E-state index in [1.165, 1.54) is 17.3 Å². The highest BCUT2D eigenvalue weighted by molar-refractivity contribution is 7.89. The summed E-state index contributed by atoms with van der Waals surface area (Å²) >= 11 is 0. The lowest BCUT2D eigenvalue weighted by atomic mass is 10.3. The van der Waals surface area contributed by atoms with E-state index in [0.717, 1.165) is 5.52 Å². The summed E-state index contributed by atoms with van der Waals surface area (Å²) in [7, 11) is -1.84. The van der Waals surface area contributed by atoms with E-state index in [1.54, 1.807) is 51.4 Å². The summed E-state index contributed by atoms with van der Waals surface area (Å²) in [6.45, 7) is 9.17. The van der Waals surface area contributed by atoms with E-state index >= 15 is 0 Å². The van der Waals surface area contributed by atoms with Crippen LogP contribution in [0.1, 0.15) is 46.9 Å². The van der Waals surface area contributed by atoms with Gasteiger partial charge < -0.3 is 14.6 Å². The van der Waals surface area contributed by atoms with Crippen LogP contribution in [0.25, 0.3) is 11.0 Å². The minimum Gasteiger partial charge on any atom is -0.453 e. The smallest absolute Gasteiger partial charge is 0.321 e. The van der Waals surface area contributed by atoms with Gasteiger partial charge in [0.15, 0.2) is 6.10 Å². The van der Waals surface area contributed by atoms with Crippen molar-refractivity contribution in [1.29, 1.82) is 0 Å². The number of benzene rings is 1. The molecule has 0 fully saturated rings. The maximum Gasteiger partial charge on any atom is 0.321 e. The molecule has 0 aliphatic carbocycles. The summed E-state index contributed by atoms with van der Waals surface area (Å²) in [5.41, 5.74) is 1.23. The molecule has 0 saturated heterocycles. The van der Waals surface area contributed by atoms with Crippen LogP contribution in [-0.4, -0.2) is 65.4 Å². The third kappa shape index (κ3) is 6.54. The average Bonchev–Trinajstić information content (AvgIpc) is 3.07. The Balaban J connectivity index is 2.05. The molecule has 12 heteroatoms. The largest absolute Gasteiger partial charge is 0.453 e. The first-order valence-electron chi connectivity index (χ1n) is 11.2. The Labute approximate surface area is 199 Å². The summed E-state index contributed by atoms with van der Waals surface area (Å²) in [6.07, 6.45) is -0.958. The molecule has 0 spiro atoms. The van der Waals surface area contributed by atoms with Crippen molar-refractivity contribution in [3.63, 3.8) is 0 Å². The third-order valence-corrected chi connectivity index (χ3v) is 7.22. The van der Waals surface area contributed by atoms with Gasteiger partial charge in [0.1, 0.15) is 5.82 Å². The number of sulfonamides is 1. The summed E-state index contributed by atoms with van der Waals surface area (Å²) in [4.78, 5) is 40.5. The number of fused-ring (bicyclic) bond motifs is 1. The monoisotopic (exact) mass is 495 g/mol. The zero-order valence-electron chi connectivity index (χ0n) is 20.4. The van der Waals surface area contributed by atoms with Crippen LogP contribution < -0.4 is 10.6 Å². The average molecular weight is 496 g/mol. The second kappa shape index (κ2) is 11.4. The Morgan fingerprint density at radius 3 is 2.38 bits per heavy atom. The molecule has 0 saturated carbocycles. The van der Waals surface area contributed by atoms with E-state index in [4.69, 9.17) is 4.74 Å². The van der Waals surface area contributed by atoms with Gasteiger partial charge in [-0.1, -0.05) is 13.8 Å². The van der Waals surface area contributed by atoms with Crippen LogP contribution >= 0.6 is 0 Å². The van der Waals surface area contributed by atoms with E-state index in [0.29, 0.717) is 24.4 Å². The molecule has 1 aromatic heterocycles. The summed E-state index contributed by atoms with van der Waals surface area (Å²) in [6, 6.07) is 3.96. The maximum atomic E-state index is 12.8. The number of rotatable bonds is 10. The normalized spacial score (nSPS) is 12.7. The van der Waals surface area contributed by atoms with E-state index in [1.807, 2.05) is 0 Å². The van der Waals surface area contributed by atoms with Crippen molar-refractivity contribution in [3.05, 3.63) is 24.0 Å². The van der Waals surface area contributed by atoms with Gasteiger partial charge >= 0.3 is 12.0 Å². The number of imide groups is 1. The fourth-order valence-electron chi connectivity index (χ4n) is 3.36. The summed E-state index contributed by atoms with van der Waals surface area (Å²) < 4.78 is 33.9. The predicted molar refractivity (Wildman–Crippen MR) is 127 cm³/mol. The maximum absolute atomic E-state index is 12.8. The molecule has 0 radical (unpaired) electrons. The van der Waals surface area contributed by atoms with E-state index in [-0.39, 0.29) is 23.8 Å². The van der Waals surface area contributed by atoms with Gasteiger partial charge in [-0.2, -0.15) is 4.31 Å². The van der Waals surface area contributed by atoms with Gasteiger partial charge in [0.25, 0.3) is 5.91 Å². The second-order valence-electron chi connectivity index (χ2n) is 8.08. The van der Waals surface area contributed by atoms with Crippen molar-refractivity contribution < 1.29 is 27.5 Å². The molecule has 2 aromatic rings. The number of hydrogen-bond acceptors (Lipinski definition) is 7. The number of nitrogens with zero attached hydrogens (tertiary/aromatic N) is 3. The predicted octanol–water partition coefficient (Wildman–Crippen LogP) is 1.70. The van der Waals surface area contributed by atoms with Gasteiger partial charge in [0.05, 0.1) is 22.3 Å². The fourth-order valence-corrected chi connectivity index (χ4v) is 4.84. The minimum atomic E-state index is -3.62. The number of carbonyl (C=O) groups is 3. The first-order valence-corrected chi connectivity index (χ1v) is 12.6. The molecular formula is C22H33N5O6S. The van der Waals surface area contributed by atoms with Gasteiger partial charge in [-0.05, 0) is 39.0 Å². The van der Waals surface area contributed by atoms with Crippen LogP contribution in [0.15, 0.2) is 23.1 Å². The van der Waals surface area contributed by atoms with Gasteiger partial charge in [0, 0.05) is 32.6 Å². The van der Waals surface area contributed by atoms with Crippen molar-refractivity contribution >= 4 is 39.0 Å². The Kier molecular flexibility index (Phi) is 9.16. The molecule has 1 atom stereocenters. The molecule has 0 aliphatic rings. The fraction of sp³-hybridized carbons (Fsp3) is 0.545. The van der Waals surface area contributed by atoms with Crippen LogP contribution in [0.3, 0.4) is 0 Å². The SMILES string of the molecule is CCN(CC)S(=O)(=O)c1ccc2c(c1)nc(CCC(=O)OC(C)C(=O)NC(=O)NC(C)C)n2C. The zero-order chi connectivity index (χ0) is 25.6. The molecule has 34 heavy (non-hydrogen) atoms. The molecule has 0 aliphatic heterocycles. The topological polar surface area (TPSA) is 140 Å². The number of amides is 3. The number of carbonyl (C=O) groups excluding carboxylic acids is 3. The zero-order valence-corrected chi connectivity index (χ0v) is 21.2. The number of esters is 1. The van der Waals surface area contributed by atoms with Crippen molar-refractivity contribution in [3.8, 4) is 0 Å². The number of aromatic nitrogens is 2. The summed E-state index contributed by atoms with van der Waals surface area (Å²) in [5, 5.41) is 4.63. The number of imidazole rings is 1. The highest BCUT2D eigenvalue weighted by Crippen LogP contribution is 2.23. The lowest BCUT2D eigenvalue weighted by Gasteiger charge is -2.18. The van der Waals surface area contributed by atoms with Crippen LogP contribution in [0.5, 0.6) is 0 Å². The molecule has 11 nitrogen and oxygen atoms in total. The third-order valence-electron chi connectivity index (χ3n) is 5.17. The highest BCUT2D eigenvalue weighted by Gasteiger charge is 2.23. The Morgan fingerprint density at radius 2 is 1.79 bits per heavy atom. The first-order chi connectivity index (χ1) is 15.9.